The van der Waals surface area contributed by atoms with E-state index in [1.54, 1.807) is 22.7 Å². The molecule has 3 N–H and O–H groups in total. The number of carbonyl (C=O) groups is 3. The van der Waals surface area contributed by atoms with Gasteiger partial charge >= 0.3 is 0 Å². The van der Waals surface area contributed by atoms with Gasteiger partial charge in [-0.2, -0.15) is 15.2 Å². The van der Waals surface area contributed by atoms with Gasteiger partial charge in [-0.25, -0.2) is 4.98 Å². The second-order valence-corrected chi connectivity index (χ2v) is 21.4. The third kappa shape index (κ3) is 9.39. The van der Waals surface area contributed by atoms with Crippen molar-refractivity contribution in [1.29, 1.82) is 0 Å². The molecule has 3 aliphatic heterocycles. The molecule has 10 rings (SSSR count). The van der Waals surface area contributed by atoms with Crippen LogP contribution in [0, 0.1) is 6.92 Å². The summed E-state index contributed by atoms with van der Waals surface area (Å²) in [7, 11) is 3.14. The van der Waals surface area contributed by atoms with E-state index in [-0.39, 0.29) is 17.7 Å². The summed E-state index contributed by atoms with van der Waals surface area (Å²) in [5.74, 6) is 1.60. The van der Waals surface area contributed by atoms with Gasteiger partial charge in [-0.05, 0) is 109 Å². The summed E-state index contributed by atoms with van der Waals surface area (Å²) in [5.41, 5.74) is 7.68. The number of anilines is 5. The maximum Gasteiger partial charge on any atom is 0.251 e. The number of methoxy groups -OCH3 is 1. The fourth-order valence-electron chi connectivity index (χ4n) is 10.3. The van der Waals surface area contributed by atoms with E-state index in [1.807, 2.05) is 43.4 Å². The molecule has 0 saturated carbocycles. The minimum Gasteiger partial charge on any atom is -0.494 e. The predicted octanol–water partition coefficient (Wildman–Crippen LogP) is 7.82. The summed E-state index contributed by atoms with van der Waals surface area (Å²) in [6.45, 7) is 11.1. The summed E-state index contributed by atoms with van der Waals surface area (Å²) < 4.78 is 10.4. The number of imide groups is 1. The Morgan fingerprint density at radius 2 is 1.72 bits per heavy atom. The number of fused-ring (bicyclic) bond motifs is 2. The molecule has 3 saturated heterocycles. The fraction of sp³-hybridized carbons (Fsp3) is 0.353. The number of hydrogen-bond donors (Lipinski definition) is 3. The van der Waals surface area contributed by atoms with Gasteiger partial charge in [0.15, 0.2) is 0 Å². The van der Waals surface area contributed by atoms with Crippen molar-refractivity contribution in [2.75, 3.05) is 81.8 Å². The van der Waals surface area contributed by atoms with Gasteiger partial charge in [0.2, 0.25) is 17.8 Å². The highest BCUT2D eigenvalue weighted by Crippen LogP contribution is 2.42. The average molecular weight is 1010 g/mol. The number of rotatable bonds is 12. The van der Waals surface area contributed by atoms with Gasteiger partial charge in [0.1, 0.15) is 17.6 Å². The Balaban J connectivity index is 0.806. The van der Waals surface area contributed by atoms with Crippen molar-refractivity contribution in [3.05, 3.63) is 101 Å². The molecule has 1 unspecified atom stereocenters. The number of nitrogens with zero attached hydrogens (tertiary/aromatic N) is 9. The van der Waals surface area contributed by atoms with Crippen LogP contribution in [0.5, 0.6) is 5.75 Å². The van der Waals surface area contributed by atoms with Crippen molar-refractivity contribution in [3.8, 4) is 16.9 Å². The highest BCUT2D eigenvalue weighted by atomic mass is 79.9. The van der Waals surface area contributed by atoms with Crippen LogP contribution >= 0.6 is 23.9 Å². The van der Waals surface area contributed by atoms with Crippen LogP contribution < -0.4 is 30.9 Å². The van der Waals surface area contributed by atoms with Crippen molar-refractivity contribution in [2.45, 2.75) is 44.6 Å². The smallest absolute Gasteiger partial charge is 0.251 e. The molecule has 0 aliphatic carbocycles. The molecule has 6 heterocycles. The van der Waals surface area contributed by atoms with Gasteiger partial charge in [0.05, 0.1) is 41.2 Å². The van der Waals surface area contributed by atoms with Crippen LogP contribution in [0.2, 0.25) is 0 Å². The summed E-state index contributed by atoms with van der Waals surface area (Å²) >= 11 is 3.69. The molecule has 0 spiro atoms. The Morgan fingerprint density at radius 1 is 0.928 bits per heavy atom. The van der Waals surface area contributed by atoms with E-state index in [9.17, 15) is 14.4 Å². The lowest BCUT2D eigenvalue weighted by Crippen LogP contribution is -2.52. The molecule has 16 nitrogen and oxygen atoms in total. The Bertz CT molecular complexity index is 3100. The summed E-state index contributed by atoms with van der Waals surface area (Å²) in [6, 6.07) is 22.6. The van der Waals surface area contributed by atoms with Crippen LogP contribution in [0.25, 0.3) is 32.8 Å². The van der Waals surface area contributed by atoms with Crippen LogP contribution in [0.15, 0.2) is 89.8 Å². The Kier molecular flexibility index (Phi) is 13.1. The first-order chi connectivity index (χ1) is 33.4. The number of ether oxygens (including phenoxy) is 1. The Morgan fingerprint density at radius 3 is 2.46 bits per heavy atom. The van der Waals surface area contributed by atoms with Gasteiger partial charge in [0, 0.05) is 91.3 Å². The van der Waals surface area contributed by atoms with E-state index in [2.05, 4.69) is 120 Å². The first kappa shape index (κ1) is 46.3. The number of aryl methyl sites for hydroxylation is 2. The third-order valence-corrected chi connectivity index (χ3v) is 15.7. The lowest BCUT2D eigenvalue weighted by molar-refractivity contribution is -0.136. The SMILES string of the molecule is COc1cc(N2CCN(C(=O)CN3CCC(c4cccc5c4c(C)nn5C4CCC(=O)NC4=O)CC3)CC2)c(-c2cnn(C)c2)cc1Nc1ncc(Br)c(Nc2ccc3ccccc3c2P(C)C)n1. The van der Waals surface area contributed by atoms with Crippen LogP contribution in [-0.4, -0.2) is 123 Å². The standard InChI is InChI=1S/C51H56BrN12O4P/c1-31-47-35(11-8-12-41(47)64(59-31)42-15-16-45(65)57-50(42)67)33-17-19-61(20-18-33)30-46(66)63-23-21-62(22-24-63)43-26-44(68-3)40(25-37(43)34-27-54-60(2)29-34)56-51-53-28-38(52)49(58-51)55-39-14-13-32-9-6-7-10-36(32)48(39)69(4)5/h6-14,25-29,33,42H,15-24,30H2,1-5H3,(H,57,65,67)(H2,53,55,56,58). The lowest BCUT2D eigenvalue weighted by Gasteiger charge is -2.39. The largest absolute Gasteiger partial charge is 0.494 e. The zero-order chi connectivity index (χ0) is 47.9. The normalized spacial score (nSPS) is 17.2. The average Bonchev–Trinajstić information content (AvgIpc) is 3.94. The highest BCUT2D eigenvalue weighted by Gasteiger charge is 2.33. The maximum atomic E-state index is 13.9. The number of aromatic nitrogens is 6. The van der Waals surface area contributed by atoms with E-state index in [1.165, 1.54) is 21.6 Å². The molecule has 3 aromatic heterocycles. The second kappa shape index (κ2) is 19.5. The van der Waals surface area contributed by atoms with Crippen molar-refractivity contribution in [3.63, 3.8) is 0 Å². The maximum absolute atomic E-state index is 13.9. The minimum absolute atomic E-state index is 0.145. The summed E-state index contributed by atoms with van der Waals surface area (Å²) in [6.07, 6.45) is 8.20. The molecule has 356 valence electrons. The fourth-order valence-corrected chi connectivity index (χ4v) is 11.9. The molecule has 18 heteroatoms. The number of nitrogens with one attached hydrogen (secondary N) is 3. The van der Waals surface area contributed by atoms with Gasteiger partial charge in [-0.1, -0.05) is 50.4 Å². The first-order valence-electron chi connectivity index (χ1n) is 23.5. The molecular weight excluding hydrogens is 956 g/mol. The van der Waals surface area contributed by atoms with E-state index in [0.29, 0.717) is 74.7 Å². The molecule has 1 atom stereocenters. The van der Waals surface area contributed by atoms with Crippen LogP contribution in [0.3, 0.4) is 0 Å². The molecular formula is C51H56BrN12O4P. The number of piperazine rings is 1. The number of amides is 3. The minimum atomic E-state index is -0.504. The number of piperidine rings is 2. The van der Waals surface area contributed by atoms with Crippen molar-refractivity contribution >= 4 is 97.4 Å². The van der Waals surface area contributed by atoms with Gasteiger partial charge in [-0.15, -0.1) is 0 Å². The zero-order valence-corrected chi connectivity index (χ0v) is 42.0. The lowest BCUT2D eigenvalue weighted by atomic mass is 9.87. The third-order valence-electron chi connectivity index (χ3n) is 13.7. The molecule has 3 amide bonds. The van der Waals surface area contributed by atoms with E-state index >= 15 is 0 Å². The number of carbonyl (C=O) groups excluding carboxylic acids is 3. The Labute approximate surface area is 410 Å². The van der Waals surface area contributed by atoms with E-state index in [0.717, 1.165) is 69.5 Å². The Hall–Kier alpha value is -6.42. The number of halogens is 1. The number of likely N-dealkylation sites (tertiary alicyclic amines) is 1. The van der Waals surface area contributed by atoms with Crippen molar-refractivity contribution in [1.82, 2.24) is 44.6 Å². The first-order valence-corrected chi connectivity index (χ1v) is 26.5. The van der Waals surface area contributed by atoms with Crippen LogP contribution in [0.4, 0.5) is 28.8 Å². The molecule has 69 heavy (non-hydrogen) atoms. The van der Waals surface area contributed by atoms with Crippen molar-refractivity contribution < 1.29 is 19.1 Å². The second-order valence-electron chi connectivity index (χ2n) is 18.3. The molecule has 3 aliphatic rings. The van der Waals surface area contributed by atoms with Gasteiger partial charge < -0.3 is 25.2 Å². The molecule has 0 radical (unpaired) electrons. The van der Waals surface area contributed by atoms with Crippen LogP contribution in [-0.2, 0) is 21.4 Å². The van der Waals surface area contributed by atoms with Gasteiger partial charge in [0.25, 0.3) is 5.91 Å². The predicted molar refractivity (Wildman–Crippen MR) is 277 cm³/mol. The zero-order valence-electron chi connectivity index (χ0n) is 39.5. The summed E-state index contributed by atoms with van der Waals surface area (Å²) in [4.78, 5) is 54.7. The molecule has 7 aromatic rings. The number of benzene rings is 4. The van der Waals surface area contributed by atoms with E-state index in [4.69, 9.17) is 14.8 Å². The van der Waals surface area contributed by atoms with Gasteiger partial charge in [-0.3, -0.25) is 34.0 Å². The van der Waals surface area contributed by atoms with Crippen molar-refractivity contribution in [2.24, 2.45) is 7.05 Å². The number of hydrogen-bond acceptors (Lipinski definition) is 12. The van der Waals surface area contributed by atoms with Crippen LogP contribution in [0.1, 0.15) is 48.9 Å². The monoisotopic (exact) mass is 1010 g/mol. The summed E-state index contributed by atoms with van der Waals surface area (Å²) in [5, 5.41) is 23.7. The molecule has 3 fully saturated rings. The molecule has 0 bridgehead atoms. The molecule has 4 aromatic carbocycles. The quantitative estimate of drug-likeness (QED) is 0.0804. The topological polar surface area (TPSA) is 168 Å². The van der Waals surface area contributed by atoms with E-state index < -0.39 is 14.0 Å². The highest BCUT2D eigenvalue weighted by molar-refractivity contribution is 9.10.